The zero-order valence-electron chi connectivity index (χ0n) is 9.93. The molecule has 1 aromatic heterocycles. The topological polar surface area (TPSA) is 57.5 Å². The van der Waals surface area contributed by atoms with Gasteiger partial charge in [0.25, 0.3) is 0 Å². The lowest BCUT2D eigenvalue weighted by Crippen LogP contribution is -2.37. The van der Waals surface area contributed by atoms with Gasteiger partial charge in [0.2, 0.25) is 0 Å². The van der Waals surface area contributed by atoms with Crippen molar-refractivity contribution in [3.05, 3.63) is 46.2 Å². The summed E-state index contributed by atoms with van der Waals surface area (Å²) in [5.74, 6) is 0.656. The zero-order valence-corrected chi connectivity index (χ0v) is 11.4. The highest BCUT2D eigenvalue weighted by Gasteiger charge is 2.22. The van der Waals surface area contributed by atoms with Crippen LogP contribution in [0.25, 0.3) is 5.69 Å². The summed E-state index contributed by atoms with van der Waals surface area (Å²) >= 11 is 12.5. The monoisotopic (exact) mass is 296 g/mol. The molecular weight excluding hydrogens is 287 g/mol. The van der Waals surface area contributed by atoms with Gasteiger partial charge in [0, 0.05) is 7.05 Å². The van der Waals surface area contributed by atoms with Crippen LogP contribution < -0.4 is 11.1 Å². The fourth-order valence-corrected chi connectivity index (χ4v) is 2.28. The van der Waals surface area contributed by atoms with E-state index in [0.717, 1.165) is 5.69 Å². The fraction of sp³-hybridized carbons (Fsp3) is 0.0909. The van der Waals surface area contributed by atoms with Gasteiger partial charge in [-0.25, -0.2) is 10.2 Å². The Hall–Kier alpha value is -1.76. The Bertz CT molecular complexity index is 650. The Labute approximate surface area is 119 Å². The van der Waals surface area contributed by atoms with Crippen LogP contribution in [-0.2, 0) is 0 Å². The highest BCUT2D eigenvalue weighted by atomic mass is 35.5. The Morgan fingerprint density at radius 2 is 2.00 bits per heavy atom. The summed E-state index contributed by atoms with van der Waals surface area (Å²) < 4.78 is 1.58. The highest BCUT2D eigenvalue weighted by molar-refractivity contribution is 6.34. The van der Waals surface area contributed by atoms with Crippen molar-refractivity contribution in [2.24, 2.45) is 5.10 Å². The van der Waals surface area contributed by atoms with Gasteiger partial charge in [0.05, 0.1) is 22.5 Å². The van der Waals surface area contributed by atoms with Gasteiger partial charge in [-0.2, -0.15) is 5.10 Å². The van der Waals surface area contributed by atoms with Crippen LogP contribution in [0, 0.1) is 0 Å². The highest BCUT2D eigenvalue weighted by Crippen LogP contribution is 2.26. The zero-order chi connectivity index (χ0) is 13.4. The third-order valence-electron chi connectivity index (χ3n) is 2.73. The van der Waals surface area contributed by atoms with Crippen molar-refractivity contribution in [1.82, 2.24) is 25.9 Å². The van der Waals surface area contributed by atoms with Gasteiger partial charge in [-0.05, 0) is 12.1 Å². The maximum absolute atomic E-state index is 6.35. The van der Waals surface area contributed by atoms with Crippen molar-refractivity contribution in [1.29, 1.82) is 0 Å². The smallest absolute Gasteiger partial charge is 0.177 e. The van der Waals surface area contributed by atoms with Crippen molar-refractivity contribution in [2.45, 2.75) is 0 Å². The quantitative estimate of drug-likeness (QED) is 0.887. The Balaban J connectivity index is 2.07. The minimum atomic E-state index is 0.448. The van der Waals surface area contributed by atoms with Gasteiger partial charge in [-0.15, -0.1) is 10.6 Å². The van der Waals surface area contributed by atoms with E-state index in [1.54, 1.807) is 22.0 Å². The molecule has 0 atom stereocenters. The number of benzene rings is 1. The molecule has 1 aliphatic heterocycles. The average molecular weight is 297 g/mol. The lowest BCUT2D eigenvalue weighted by molar-refractivity contribution is 0.349. The average Bonchev–Trinajstić information content (AvgIpc) is 2.96. The van der Waals surface area contributed by atoms with E-state index >= 15 is 0 Å². The normalized spacial score (nSPS) is 14.5. The summed E-state index contributed by atoms with van der Waals surface area (Å²) in [7, 11) is 1.82. The molecule has 0 bridgehead atoms. The largest absolute Gasteiger partial charge is 0.274 e. The molecule has 19 heavy (non-hydrogen) atoms. The first-order chi connectivity index (χ1) is 9.18. The van der Waals surface area contributed by atoms with E-state index in [4.69, 9.17) is 23.2 Å². The summed E-state index contributed by atoms with van der Waals surface area (Å²) in [6.07, 6.45) is 1.65. The first kappa shape index (κ1) is 12.3. The summed E-state index contributed by atoms with van der Waals surface area (Å²) in [6, 6.07) is 7.37. The van der Waals surface area contributed by atoms with E-state index in [0.29, 0.717) is 21.6 Å². The van der Waals surface area contributed by atoms with Crippen LogP contribution in [0.3, 0.4) is 0 Å². The molecule has 0 saturated carbocycles. The predicted molar refractivity (Wildman–Crippen MR) is 74.2 cm³/mol. The molecule has 2 N–H and O–H groups in total. The molecule has 3 rings (SSSR count). The Kier molecular flexibility index (Phi) is 3.06. The van der Waals surface area contributed by atoms with Gasteiger partial charge in [-0.1, -0.05) is 35.3 Å². The first-order valence-electron chi connectivity index (χ1n) is 5.49. The van der Waals surface area contributed by atoms with Crippen molar-refractivity contribution in [3.8, 4) is 5.69 Å². The second kappa shape index (κ2) is 4.73. The van der Waals surface area contributed by atoms with Crippen molar-refractivity contribution in [3.63, 3.8) is 0 Å². The number of amidine groups is 1. The predicted octanol–water partition coefficient (Wildman–Crippen LogP) is 1.80. The number of hydrazine groups is 2. The number of rotatable bonds is 2. The number of para-hydroxylation sites is 1. The van der Waals surface area contributed by atoms with Crippen LogP contribution in [0.4, 0.5) is 0 Å². The SMILES string of the molecule is CN1NNN=C1c1cnn(-c2ccccc2Cl)c1Cl. The molecule has 0 spiro atoms. The molecule has 0 amide bonds. The first-order valence-corrected chi connectivity index (χ1v) is 6.25. The molecule has 6 nitrogen and oxygen atoms in total. The molecule has 98 valence electrons. The van der Waals surface area contributed by atoms with Crippen molar-refractivity contribution < 1.29 is 0 Å². The lowest BCUT2D eigenvalue weighted by atomic mass is 10.3. The number of aromatic nitrogens is 2. The number of hydrogen-bond donors (Lipinski definition) is 2. The second-order valence-electron chi connectivity index (χ2n) is 3.93. The van der Waals surface area contributed by atoms with E-state index in [9.17, 15) is 0 Å². The van der Waals surface area contributed by atoms with E-state index in [1.807, 2.05) is 25.2 Å². The van der Waals surface area contributed by atoms with Gasteiger partial charge < -0.3 is 0 Å². The molecule has 0 radical (unpaired) electrons. The molecule has 1 aromatic carbocycles. The Morgan fingerprint density at radius 1 is 1.21 bits per heavy atom. The molecule has 0 aliphatic carbocycles. The fourth-order valence-electron chi connectivity index (χ4n) is 1.80. The van der Waals surface area contributed by atoms with Crippen LogP contribution >= 0.6 is 23.2 Å². The van der Waals surface area contributed by atoms with E-state index in [1.165, 1.54) is 0 Å². The molecule has 0 unspecified atom stereocenters. The van der Waals surface area contributed by atoms with Crippen LogP contribution in [0.1, 0.15) is 5.56 Å². The molecule has 0 fully saturated rings. The lowest BCUT2D eigenvalue weighted by Gasteiger charge is -2.11. The van der Waals surface area contributed by atoms with Gasteiger partial charge in [-0.3, -0.25) is 5.01 Å². The number of hydrazone groups is 1. The third kappa shape index (κ3) is 2.03. The standard InChI is InChI=1S/C11H10Cl2N6/c1-18-11(15-16-17-18)7-6-14-19(10(7)13)9-5-3-2-4-8(9)12/h2-6,16-17H,1H3. The van der Waals surface area contributed by atoms with Gasteiger partial charge in [0.15, 0.2) is 5.84 Å². The number of nitrogens with zero attached hydrogens (tertiary/aromatic N) is 4. The van der Waals surface area contributed by atoms with Crippen LogP contribution in [0.15, 0.2) is 35.6 Å². The summed E-state index contributed by atoms with van der Waals surface area (Å²) in [5.41, 5.74) is 6.90. The molecule has 2 heterocycles. The minimum Gasteiger partial charge on any atom is -0.274 e. The van der Waals surface area contributed by atoms with Crippen LogP contribution in [0.5, 0.6) is 0 Å². The summed E-state index contributed by atoms with van der Waals surface area (Å²) in [4.78, 5) is 0. The Morgan fingerprint density at radius 3 is 2.68 bits per heavy atom. The van der Waals surface area contributed by atoms with E-state index in [-0.39, 0.29) is 0 Å². The summed E-state index contributed by atoms with van der Waals surface area (Å²) in [5, 5.41) is 11.1. The molecule has 2 aromatic rings. The second-order valence-corrected chi connectivity index (χ2v) is 4.70. The van der Waals surface area contributed by atoms with Crippen molar-refractivity contribution >= 4 is 29.0 Å². The number of hydrogen-bond acceptors (Lipinski definition) is 5. The molecule has 8 heteroatoms. The van der Waals surface area contributed by atoms with Gasteiger partial charge >= 0.3 is 0 Å². The summed E-state index contributed by atoms with van der Waals surface area (Å²) in [6.45, 7) is 0. The molecule has 1 aliphatic rings. The molecule has 0 saturated heterocycles. The third-order valence-corrected chi connectivity index (χ3v) is 3.41. The van der Waals surface area contributed by atoms with E-state index in [2.05, 4.69) is 21.3 Å². The van der Waals surface area contributed by atoms with E-state index < -0.39 is 0 Å². The number of nitrogens with one attached hydrogen (secondary N) is 2. The molecular formula is C11H10Cl2N6. The van der Waals surface area contributed by atoms with Gasteiger partial charge in [0.1, 0.15) is 5.15 Å². The minimum absolute atomic E-state index is 0.448. The maximum atomic E-state index is 6.35. The van der Waals surface area contributed by atoms with Crippen molar-refractivity contribution in [2.75, 3.05) is 7.05 Å². The van der Waals surface area contributed by atoms with Crippen LogP contribution in [-0.4, -0.2) is 27.7 Å². The number of halogens is 2. The maximum Gasteiger partial charge on any atom is 0.177 e. The van der Waals surface area contributed by atoms with Crippen LogP contribution in [0.2, 0.25) is 10.2 Å².